The van der Waals surface area contributed by atoms with E-state index in [4.69, 9.17) is 9.47 Å². The Morgan fingerprint density at radius 1 is 0.944 bits per heavy atom. The topological polar surface area (TPSA) is 106 Å². The first-order chi connectivity index (χ1) is 17.4. The van der Waals surface area contributed by atoms with Crippen molar-refractivity contribution in [2.45, 2.75) is 25.6 Å². The standard InChI is InChI=1S/C27H28BrN3O5/c1-18(30-27(34)36-17-19-9-5-3-6-10-19)26(33)31-23-14-13-21(28)15-22(23)25(29-16-24(32)35-2)20-11-7-4-8-12-20/h3-15,18,25,29H,16-17H2,1-2H3,(H,30,34)(H,31,33)/t18-,25-/m1/s1. The van der Waals surface area contributed by atoms with E-state index in [1.165, 1.54) is 7.11 Å². The molecule has 0 unspecified atom stereocenters. The van der Waals surface area contributed by atoms with E-state index in [9.17, 15) is 14.4 Å². The predicted molar refractivity (Wildman–Crippen MR) is 140 cm³/mol. The fraction of sp³-hybridized carbons (Fsp3) is 0.222. The Labute approximate surface area is 218 Å². The lowest BCUT2D eigenvalue weighted by Gasteiger charge is -2.23. The molecule has 188 valence electrons. The second-order valence-corrected chi connectivity index (χ2v) is 8.86. The molecule has 9 heteroatoms. The molecule has 2 atom stereocenters. The van der Waals surface area contributed by atoms with E-state index >= 15 is 0 Å². The Balaban J connectivity index is 1.73. The van der Waals surface area contributed by atoms with Gasteiger partial charge in [-0.3, -0.25) is 14.9 Å². The number of rotatable bonds is 10. The van der Waals surface area contributed by atoms with Gasteiger partial charge in [0.25, 0.3) is 0 Å². The second-order valence-electron chi connectivity index (χ2n) is 7.95. The zero-order valence-corrected chi connectivity index (χ0v) is 21.6. The fourth-order valence-corrected chi connectivity index (χ4v) is 3.82. The molecule has 0 aliphatic rings. The number of esters is 1. The van der Waals surface area contributed by atoms with E-state index in [-0.39, 0.29) is 13.2 Å². The van der Waals surface area contributed by atoms with Crippen molar-refractivity contribution in [1.29, 1.82) is 0 Å². The van der Waals surface area contributed by atoms with E-state index in [1.54, 1.807) is 19.1 Å². The Hall–Kier alpha value is -3.69. The van der Waals surface area contributed by atoms with Gasteiger partial charge >= 0.3 is 12.1 Å². The maximum atomic E-state index is 12.9. The maximum absolute atomic E-state index is 12.9. The third-order valence-corrected chi connectivity index (χ3v) is 5.83. The van der Waals surface area contributed by atoms with E-state index in [2.05, 4.69) is 31.9 Å². The number of halogens is 1. The van der Waals surface area contributed by atoms with Gasteiger partial charge in [0.15, 0.2) is 0 Å². The minimum atomic E-state index is -0.858. The van der Waals surface area contributed by atoms with Crippen LogP contribution in [0.2, 0.25) is 0 Å². The summed E-state index contributed by atoms with van der Waals surface area (Å²) < 4.78 is 10.8. The van der Waals surface area contributed by atoms with Crippen LogP contribution in [0.15, 0.2) is 83.3 Å². The number of ether oxygens (including phenoxy) is 2. The molecule has 0 radical (unpaired) electrons. The predicted octanol–water partition coefficient (Wildman–Crippen LogP) is 4.55. The molecule has 0 saturated carbocycles. The summed E-state index contributed by atoms with van der Waals surface area (Å²) in [4.78, 5) is 37.0. The molecule has 0 bridgehead atoms. The van der Waals surface area contributed by atoms with Gasteiger partial charge in [-0.15, -0.1) is 0 Å². The van der Waals surface area contributed by atoms with Crippen LogP contribution in [0, 0.1) is 0 Å². The molecule has 8 nitrogen and oxygen atoms in total. The van der Waals surface area contributed by atoms with Crippen LogP contribution in [0.3, 0.4) is 0 Å². The number of amides is 2. The molecular weight excluding hydrogens is 526 g/mol. The second kappa shape index (κ2) is 13.4. The van der Waals surface area contributed by atoms with Gasteiger partial charge in [0, 0.05) is 10.2 Å². The summed E-state index contributed by atoms with van der Waals surface area (Å²) in [6.45, 7) is 1.64. The van der Waals surface area contributed by atoms with Crippen LogP contribution in [0.5, 0.6) is 0 Å². The molecule has 0 saturated heterocycles. The monoisotopic (exact) mass is 553 g/mol. The van der Waals surface area contributed by atoms with Crippen LogP contribution in [-0.4, -0.2) is 37.7 Å². The SMILES string of the molecule is COC(=O)CN[C@H](c1ccccc1)c1cc(Br)ccc1NC(=O)[C@@H](C)NC(=O)OCc1ccccc1. The first-order valence-electron chi connectivity index (χ1n) is 11.3. The summed E-state index contributed by atoms with van der Waals surface area (Å²) >= 11 is 3.49. The summed E-state index contributed by atoms with van der Waals surface area (Å²) in [5.41, 5.74) is 2.99. The number of hydrogen-bond donors (Lipinski definition) is 3. The van der Waals surface area contributed by atoms with Gasteiger partial charge in [-0.25, -0.2) is 4.79 Å². The zero-order valence-electron chi connectivity index (χ0n) is 20.0. The number of carbonyl (C=O) groups is 3. The highest BCUT2D eigenvalue weighted by atomic mass is 79.9. The highest BCUT2D eigenvalue weighted by molar-refractivity contribution is 9.10. The fourth-order valence-electron chi connectivity index (χ4n) is 3.44. The largest absolute Gasteiger partial charge is 0.468 e. The van der Waals surface area contributed by atoms with E-state index in [0.29, 0.717) is 5.69 Å². The van der Waals surface area contributed by atoms with Crippen molar-refractivity contribution >= 4 is 39.6 Å². The van der Waals surface area contributed by atoms with Gasteiger partial charge < -0.3 is 20.1 Å². The summed E-state index contributed by atoms with van der Waals surface area (Å²) in [5, 5.41) is 8.63. The molecule has 3 N–H and O–H groups in total. The molecule has 36 heavy (non-hydrogen) atoms. The number of carbonyl (C=O) groups excluding carboxylic acids is 3. The molecule has 0 aromatic heterocycles. The quantitative estimate of drug-likeness (QED) is 0.318. The Morgan fingerprint density at radius 3 is 2.28 bits per heavy atom. The van der Waals surface area contributed by atoms with Crippen LogP contribution in [0.4, 0.5) is 10.5 Å². The molecule has 2 amide bonds. The smallest absolute Gasteiger partial charge is 0.408 e. The summed E-state index contributed by atoms with van der Waals surface area (Å²) in [6, 6.07) is 22.9. The van der Waals surface area contributed by atoms with Crippen molar-refractivity contribution in [3.05, 3.63) is 100 Å². The van der Waals surface area contributed by atoms with Crippen molar-refractivity contribution in [2.75, 3.05) is 19.0 Å². The molecule has 0 fully saturated rings. The van der Waals surface area contributed by atoms with Crippen LogP contribution in [0.25, 0.3) is 0 Å². The summed E-state index contributed by atoms with van der Waals surface area (Å²) in [5.74, 6) is -0.835. The zero-order chi connectivity index (χ0) is 25.9. The number of methoxy groups -OCH3 is 1. The molecule has 0 aliphatic carbocycles. The third-order valence-electron chi connectivity index (χ3n) is 5.33. The van der Waals surface area contributed by atoms with Crippen LogP contribution >= 0.6 is 15.9 Å². The number of benzene rings is 3. The van der Waals surface area contributed by atoms with E-state index in [0.717, 1.165) is 21.2 Å². The van der Waals surface area contributed by atoms with Crippen LogP contribution < -0.4 is 16.0 Å². The lowest BCUT2D eigenvalue weighted by Crippen LogP contribution is -2.42. The first kappa shape index (κ1) is 26.9. The van der Waals surface area contributed by atoms with Crippen molar-refractivity contribution in [3.8, 4) is 0 Å². The van der Waals surface area contributed by atoms with Crippen molar-refractivity contribution in [3.63, 3.8) is 0 Å². The molecule has 0 heterocycles. The Bertz CT molecular complexity index is 1170. The molecule has 0 spiro atoms. The molecule has 3 aromatic carbocycles. The average molecular weight is 554 g/mol. The lowest BCUT2D eigenvalue weighted by atomic mass is 9.97. The minimum Gasteiger partial charge on any atom is -0.468 e. The van der Waals surface area contributed by atoms with E-state index in [1.807, 2.05) is 66.7 Å². The number of alkyl carbamates (subject to hydrolysis) is 1. The number of hydrogen-bond acceptors (Lipinski definition) is 6. The molecular formula is C27H28BrN3O5. The highest BCUT2D eigenvalue weighted by Gasteiger charge is 2.22. The summed E-state index contributed by atoms with van der Waals surface area (Å²) in [6.07, 6.45) is -0.695. The normalized spacial score (nSPS) is 12.2. The summed E-state index contributed by atoms with van der Waals surface area (Å²) in [7, 11) is 1.32. The van der Waals surface area contributed by atoms with Gasteiger partial charge in [0.1, 0.15) is 12.6 Å². The highest BCUT2D eigenvalue weighted by Crippen LogP contribution is 2.31. The Morgan fingerprint density at radius 2 is 1.61 bits per heavy atom. The minimum absolute atomic E-state index is 0.0266. The lowest BCUT2D eigenvalue weighted by molar-refractivity contribution is -0.139. The van der Waals surface area contributed by atoms with Crippen molar-refractivity contribution < 1.29 is 23.9 Å². The van der Waals surface area contributed by atoms with Crippen LogP contribution in [-0.2, 0) is 25.7 Å². The van der Waals surface area contributed by atoms with Gasteiger partial charge in [0.05, 0.1) is 19.7 Å². The number of anilines is 1. The molecule has 3 rings (SSSR count). The van der Waals surface area contributed by atoms with E-state index < -0.39 is 30.1 Å². The van der Waals surface area contributed by atoms with Gasteiger partial charge in [-0.05, 0) is 41.8 Å². The molecule has 3 aromatic rings. The van der Waals surface area contributed by atoms with Gasteiger partial charge in [-0.2, -0.15) is 0 Å². The first-order valence-corrected chi connectivity index (χ1v) is 12.1. The third kappa shape index (κ3) is 7.93. The van der Waals surface area contributed by atoms with Crippen LogP contribution in [0.1, 0.15) is 29.7 Å². The molecule has 0 aliphatic heterocycles. The van der Waals surface area contributed by atoms with Gasteiger partial charge in [-0.1, -0.05) is 76.6 Å². The van der Waals surface area contributed by atoms with Gasteiger partial charge in [0.2, 0.25) is 5.91 Å². The number of nitrogens with one attached hydrogen (secondary N) is 3. The van der Waals surface area contributed by atoms with Crippen molar-refractivity contribution in [1.82, 2.24) is 10.6 Å². The average Bonchev–Trinajstić information content (AvgIpc) is 2.90. The van der Waals surface area contributed by atoms with Crippen molar-refractivity contribution in [2.24, 2.45) is 0 Å². The maximum Gasteiger partial charge on any atom is 0.408 e. The Kier molecular flexibility index (Phi) is 10.0.